The van der Waals surface area contributed by atoms with Gasteiger partial charge in [-0.1, -0.05) is 85.5 Å². The van der Waals surface area contributed by atoms with Gasteiger partial charge in [0.05, 0.1) is 0 Å². The lowest BCUT2D eigenvalue weighted by Crippen LogP contribution is -2.35. The highest BCUT2D eigenvalue weighted by molar-refractivity contribution is 4.87. The molecule has 21 heavy (non-hydrogen) atoms. The van der Waals surface area contributed by atoms with Crippen molar-refractivity contribution < 1.29 is 0 Å². The molecule has 0 amide bonds. The van der Waals surface area contributed by atoms with Gasteiger partial charge in [-0.15, -0.1) is 0 Å². The molecule has 0 spiro atoms. The number of hydrogen-bond donors (Lipinski definition) is 0. The maximum absolute atomic E-state index is 2.39. The molecule has 0 heterocycles. The zero-order chi connectivity index (χ0) is 15.5. The summed E-state index contributed by atoms with van der Waals surface area (Å²) in [7, 11) is 0. The van der Waals surface area contributed by atoms with Crippen LogP contribution < -0.4 is 0 Å². The van der Waals surface area contributed by atoms with E-state index in [9.17, 15) is 0 Å². The van der Waals surface area contributed by atoms with Crippen LogP contribution in [0.15, 0.2) is 0 Å². The highest BCUT2D eigenvalue weighted by Gasteiger charge is 2.37. The maximum Gasteiger partial charge on any atom is -0.0355 e. The van der Waals surface area contributed by atoms with E-state index >= 15 is 0 Å². The number of hydrogen-bond acceptors (Lipinski definition) is 0. The van der Waals surface area contributed by atoms with E-state index < -0.39 is 0 Å². The van der Waals surface area contributed by atoms with E-state index in [1.54, 1.807) is 12.8 Å². The third-order valence-corrected chi connectivity index (χ3v) is 6.04. The van der Waals surface area contributed by atoms with Crippen LogP contribution in [-0.2, 0) is 0 Å². The van der Waals surface area contributed by atoms with Crippen molar-refractivity contribution in [3.8, 4) is 0 Å². The average Bonchev–Trinajstić information content (AvgIpc) is 2.50. The summed E-state index contributed by atoms with van der Waals surface area (Å²) < 4.78 is 0. The molecule has 0 aromatic rings. The summed E-state index contributed by atoms with van der Waals surface area (Å²) in [6.07, 6.45) is 19.1. The molecule has 0 saturated heterocycles. The third-order valence-electron chi connectivity index (χ3n) is 6.04. The number of unbranched alkanes of at least 4 members (excludes halogenated alkanes) is 3. The Bertz CT molecular complexity index is 232. The molecular formula is C21H42. The molecule has 0 nitrogen and oxygen atoms in total. The SMILES string of the molecule is CCCCC1CCC(CCC)C(CCCC)C1CCCC. The highest BCUT2D eigenvalue weighted by Crippen LogP contribution is 2.47. The van der Waals surface area contributed by atoms with Gasteiger partial charge in [0.1, 0.15) is 0 Å². The fourth-order valence-electron chi connectivity index (χ4n) is 4.89. The van der Waals surface area contributed by atoms with Gasteiger partial charge in [-0.3, -0.25) is 0 Å². The third kappa shape index (κ3) is 6.33. The minimum absolute atomic E-state index is 1.06. The number of rotatable bonds is 11. The summed E-state index contributed by atoms with van der Waals surface area (Å²) >= 11 is 0. The van der Waals surface area contributed by atoms with Crippen LogP contribution >= 0.6 is 0 Å². The molecule has 0 aromatic heterocycles. The first-order chi connectivity index (χ1) is 10.3. The Morgan fingerprint density at radius 2 is 0.952 bits per heavy atom. The van der Waals surface area contributed by atoms with E-state index in [1.807, 2.05) is 0 Å². The molecule has 0 aromatic carbocycles. The molecule has 4 unspecified atom stereocenters. The van der Waals surface area contributed by atoms with Crippen molar-refractivity contribution in [1.29, 1.82) is 0 Å². The van der Waals surface area contributed by atoms with Crippen LogP contribution in [0.3, 0.4) is 0 Å². The van der Waals surface area contributed by atoms with Crippen LogP contribution in [0.4, 0.5) is 0 Å². The average molecular weight is 295 g/mol. The van der Waals surface area contributed by atoms with Crippen molar-refractivity contribution in [2.75, 3.05) is 0 Å². The normalized spacial score (nSPS) is 29.7. The van der Waals surface area contributed by atoms with Crippen LogP contribution in [0, 0.1) is 23.7 Å². The first-order valence-corrected chi connectivity index (χ1v) is 10.3. The van der Waals surface area contributed by atoms with Gasteiger partial charge in [0, 0.05) is 0 Å². The second-order valence-corrected chi connectivity index (χ2v) is 7.64. The summed E-state index contributed by atoms with van der Waals surface area (Å²) in [6, 6.07) is 0. The van der Waals surface area contributed by atoms with Gasteiger partial charge in [0.25, 0.3) is 0 Å². The molecule has 1 aliphatic rings. The van der Waals surface area contributed by atoms with E-state index in [1.165, 1.54) is 70.6 Å². The van der Waals surface area contributed by atoms with Crippen LogP contribution in [-0.4, -0.2) is 0 Å². The zero-order valence-corrected chi connectivity index (χ0v) is 15.5. The zero-order valence-electron chi connectivity index (χ0n) is 15.5. The van der Waals surface area contributed by atoms with Gasteiger partial charge in [-0.25, -0.2) is 0 Å². The van der Waals surface area contributed by atoms with E-state index in [0.717, 1.165) is 23.7 Å². The summed E-state index contributed by atoms with van der Waals surface area (Å²) in [5.41, 5.74) is 0. The lowest BCUT2D eigenvalue weighted by molar-refractivity contribution is 0.0601. The van der Waals surface area contributed by atoms with Crippen LogP contribution in [0.1, 0.15) is 111 Å². The molecule has 1 aliphatic carbocycles. The summed E-state index contributed by atoms with van der Waals surface area (Å²) in [5, 5.41) is 0. The van der Waals surface area contributed by atoms with E-state index in [0.29, 0.717) is 0 Å². The van der Waals surface area contributed by atoms with Crippen molar-refractivity contribution >= 4 is 0 Å². The van der Waals surface area contributed by atoms with Gasteiger partial charge in [0.2, 0.25) is 0 Å². The highest BCUT2D eigenvalue weighted by atomic mass is 14.4. The molecule has 1 saturated carbocycles. The fourth-order valence-corrected chi connectivity index (χ4v) is 4.89. The minimum Gasteiger partial charge on any atom is -0.0654 e. The molecule has 126 valence electrons. The first kappa shape index (κ1) is 19.0. The Hall–Kier alpha value is 0. The summed E-state index contributed by atoms with van der Waals surface area (Å²) in [5.74, 6) is 4.24. The van der Waals surface area contributed by atoms with Crippen molar-refractivity contribution in [2.24, 2.45) is 23.7 Å². The van der Waals surface area contributed by atoms with Crippen LogP contribution in [0.5, 0.6) is 0 Å². The maximum atomic E-state index is 2.39. The summed E-state index contributed by atoms with van der Waals surface area (Å²) in [6.45, 7) is 9.49. The minimum atomic E-state index is 1.06. The second kappa shape index (κ2) is 11.6. The van der Waals surface area contributed by atoms with E-state index in [2.05, 4.69) is 27.7 Å². The Morgan fingerprint density at radius 1 is 0.524 bits per heavy atom. The second-order valence-electron chi connectivity index (χ2n) is 7.64. The smallest absolute Gasteiger partial charge is 0.0355 e. The molecule has 0 bridgehead atoms. The van der Waals surface area contributed by atoms with Crippen molar-refractivity contribution in [2.45, 2.75) is 111 Å². The first-order valence-electron chi connectivity index (χ1n) is 10.3. The van der Waals surface area contributed by atoms with Gasteiger partial charge >= 0.3 is 0 Å². The van der Waals surface area contributed by atoms with Gasteiger partial charge < -0.3 is 0 Å². The molecule has 1 fully saturated rings. The fraction of sp³-hybridized carbons (Fsp3) is 1.00. The van der Waals surface area contributed by atoms with Gasteiger partial charge in [-0.05, 0) is 49.4 Å². The predicted octanol–water partition coefficient (Wildman–Crippen LogP) is 7.62. The Morgan fingerprint density at radius 3 is 1.38 bits per heavy atom. The summed E-state index contributed by atoms with van der Waals surface area (Å²) in [4.78, 5) is 0. The van der Waals surface area contributed by atoms with Crippen molar-refractivity contribution in [3.63, 3.8) is 0 Å². The quantitative estimate of drug-likeness (QED) is 0.367. The van der Waals surface area contributed by atoms with Crippen LogP contribution in [0.25, 0.3) is 0 Å². The van der Waals surface area contributed by atoms with Gasteiger partial charge in [-0.2, -0.15) is 0 Å². The van der Waals surface area contributed by atoms with Crippen LogP contribution in [0.2, 0.25) is 0 Å². The largest absolute Gasteiger partial charge is 0.0654 e. The molecule has 0 aliphatic heterocycles. The molecule has 1 rings (SSSR count). The Balaban J connectivity index is 2.73. The van der Waals surface area contributed by atoms with E-state index in [-0.39, 0.29) is 0 Å². The lowest BCUT2D eigenvalue weighted by atomic mass is 9.61. The predicted molar refractivity (Wildman–Crippen MR) is 96.7 cm³/mol. The monoisotopic (exact) mass is 294 g/mol. The van der Waals surface area contributed by atoms with Crippen molar-refractivity contribution in [1.82, 2.24) is 0 Å². The molecule has 0 radical (unpaired) electrons. The molecule has 0 heteroatoms. The van der Waals surface area contributed by atoms with Gasteiger partial charge in [0.15, 0.2) is 0 Å². The lowest BCUT2D eigenvalue weighted by Gasteiger charge is -2.44. The Labute approximate surface area is 135 Å². The topological polar surface area (TPSA) is 0 Å². The van der Waals surface area contributed by atoms with Crippen molar-refractivity contribution in [3.05, 3.63) is 0 Å². The molecular weight excluding hydrogens is 252 g/mol. The molecule has 0 N–H and O–H groups in total. The van der Waals surface area contributed by atoms with E-state index in [4.69, 9.17) is 0 Å². The Kier molecular flexibility index (Phi) is 10.5. The molecule has 4 atom stereocenters. The standard InChI is InChI=1S/C21H42/c1-5-9-13-19-17-16-18(12-8-4)20(14-10-6-2)21(19)15-11-7-3/h18-21H,5-17H2,1-4H3.